The minimum absolute atomic E-state index is 0.000463. The summed E-state index contributed by atoms with van der Waals surface area (Å²) in [5.74, 6) is -1.23. The molecule has 2 N–H and O–H groups in total. The van der Waals surface area contributed by atoms with E-state index in [9.17, 15) is 8.78 Å². The number of halogens is 2. The summed E-state index contributed by atoms with van der Waals surface area (Å²) in [5.41, 5.74) is 5.79. The number of hydrogen-bond donors (Lipinski definition) is 1. The Labute approximate surface area is 81.3 Å². The predicted octanol–water partition coefficient (Wildman–Crippen LogP) is 2.15. The number of benzene rings is 1. The first kappa shape index (κ1) is 9.24. The Hall–Kier alpha value is -1.32. The van der Waals surface area contributed by atoms with Gasteiger partial charge in [-0.2, -0.15) is 0 Å². The van der Waals surface area contributed by atoms with Crippen molar-refractivity contribution in [3.8, 4) is 0 Å². The van der Waals surface area contributed by atoms with Crippen LogP contribution in [0.15, 0.2) is 12.1 Å². The van der Waals surface area contributed by atoms with E-state index in [0.717, 1.165) is 19.0 Å². The van der Waals surface area contributed by atoms with E-state index in [-0.39, 0.29) is 5.69 Å². The van der Waals surface area contributed by atoms with Gasteiger partial charge in [-0.05, 0) is 19.4 Å². The van der Waals surface area contributed by atoms with Crippen LogP contribution in [0.4, 0.5) is 20.2 Å². The van der Waals surface area contributed by atoms with Crippen LogP contribution in [0, 0.1) is 11.6 Å². The number of nitrogens with zero attached hydrogens (tertiary/aromatic N) is 1. The van der Waals surface area contributed by atoms with Crippen LogP contribution in [0.25, 0.3) is 0 Å². The second-order valence-corrected chi connectivity index (χ2v) is 3.66. The molecule has 0 amide bonds. The molecule has 1 heterocycles. The number of rotatable bonds is 1. The lowest BCUT2D eigenvalue weighted by atomic mass is 10.0. The molecule has 1 aliphatic heterocycles. The first-order valence-corrected chi connectivity index (χ1v) is 4.60. The molecule has 0 radical (unpaired) electrons. The lowest BCUT2D eigenvalue weighted by molar-refractivity contribution is 0.467. The normalized spacial score (nSPS) is 20.8. The standard InChI is InChI=1S/C10H12F2N2/c1-6-2-3-14(6)10-5-9(13)7(11)4-8(10)12/h4-6H,2-3,13H2,1H3. The van der Waals surface area contributed by atoms with Crippen molar-refractivity contribution in [3.05, 3.63) is 23.8 Å². The highest BCUT2D eigenvalue weighted by Gasteiger charge is 2.26. The first-order chi connectivity index (χ1) is 6.59. The van der Waals surface area contributed by atoms with Gasteiger partial charge in [0.1, 0.15) is 11.6 Å². The highest BCUT2D eigenvalue weighted by atomic mass is 19.1. The van der Waals surface area contributed by atoms with E-state index in [2.05, 4.69) is 0 Å². The molecule has 2 rings (SSSR count). The summed E-state index contributed by atoms with van der Waals surface area (Å²) in [5, 5.41) is 0. The molecule has 2 nitrogen and oxygen atoms in total. The van der Waals surface area contributed by atoms with E-state index in [0.29, 0.717) is 11.7 Å². The fraction of sp³-hybridized carbons (Fsp3) is 0.400. The quantitative estimate of drug-likeness (QED) is 0.700. The smallest absolute Gasteiger partial charge is 0.149 e. The lowest BCUT2D eigenvalue weighted by Gasteiger charge is -2.41. The Bertz CT molecular complexity index is 365. The van der Waals surface area contributed by atoms with Gasteiger partial charge >= 0.3 is 0 Å². The Morgan fingerprint density at radius 2 is 2.07 bits per heavy atom. The van der Waals surface area contributed by atoms with Crippen LogP contribution in [-0.2, 0) is 0 Å². The highest BCUT2D eigenvalue weighted by Crippen LogP contribution is 2.31. The van der Waals surface area contributed by atoms with E-state index >= 15 is 0 Å². The molecular weight excluding hydrogens is 186 g/mol. The van der Waals surface area contributed by atoms with Crippen LogP contribution in [0.3, 0.4) is 0 Å². The summed E-state index contributed by atoms with van der Waals surface area (Å²) < 4.78 is 26.2. The summed E-state index contributed by atoms with van der Waals surface area (Å²) >= 11 is 0. The zero-order chi connectivity index (χ0) is 10.3. The molecule has 76 valence electrons. The maximum Gasteiger partial charge on any atom is 0.149 e. The van der Waals surface area contributed by atoms with Gasteiger partial charge in [0.2, 0.25) is 0 Å². The van der Waals surface area contributed by atoms with Gasteiger partial charge in [0, 0.05) is 18.7 Å². The Morgan fingerprint density at radius 1 is 1.36 bits per heavy atom. The first-order valence-electron chi connectivity index (χ1n) is 4.60. The van der Waals surface area contributed by atoms with Gasteiger partial charge in [-0.1, -0.05) is 0 Å². The second-order valence-electron chi connectivity index (χ2n) is 3.66. The third-order valence-corrected chi connectivity index (χ3v) is 2.70. The number of nitrogens with two attached hydrogens (primary N) is 1. The maximum absolute atomic E-state index is 13.3. The lowest BCUT2D eigenvalue weighted by Crippen LogP contribution is -2.46. The summed E-state index contributed by atoms with van der Waals surface area (Å²) in [6.45, 7) is 2.81. The SMILES string of the molecule is CC1CCN1c1cc(N)c(F)cc1F. The molecular formula is C10H12F2N2. The van der Waals surface area contributed by atoms with Crippen molar-refractivity contribution < 1.29 is 8.78 Å². The van der Waals surface area contributed by atoms with Crippen LogP contribution < -0.4 is 10.6 Å². The molecule has 1 atom stereocenters. The van der Waals surface area contributed by atoms with E-state index < -0.39 is 11.6 Å². The minimum atomic E-state index is -0.695. The van der Waals surface area contributed by atoms with Crippen molar-refractivity contribution in [1.82, 2.24) is 0 Å². The van der Waals surface area contributed by atoms with Crippen molar-refractivity contribution in [3.63, 3.8) is 0 Å². The molecule has 0 spiro atoms. The summed E-state index contributed by atoms with van der Waals surface area (Å²) in [7, 11) is 0. The van der Waals surface area contributed by atoms with Gasteiger partial charge in [0.25, 0.3) is 0 Å². The van der Waals surface area contributed by atoms with Gasteiger partial charge in [0.05, 0.1) is 11.4 Å². The second kappa shape index (κ2) is 3.12. The average Bonchev–Trinajstić information content (AvgIpc) is 2.12. The van der Waals surface area contributed by atoms with Gasteiger partial charge in [-0.15, -0.1) is 0 Å². The molecule has 1 unspecified atom stereocenters. The van der Waals surface area contributed by atoms with Gasteiger partial charge in [0.15, 0.2) is 0 Å². The van der Waals surface area contributed by atoms with E-state index in [1.165, 1.54) is 6.07 Å². The zero-order valence-electron chi connectivity index (χ0n) is 7.93. The molecule has 0 saturated carbocycles. The Morgan fingerprint density at radius 3 is 2.57 bits per heavy atom. The largest absolute Gasteiger partial charge is 0.396 e. The molecule has 1 saturated heterocycles. The molecule has 0 bridgehead atoms. The Balaban J connectivity index is 2.38. The maximum atomic E-state index is 13.3. The van der Waals surface area contributed by atoms with Crippen LogP contribution in [0.1, 0.15) is 13.3 Å². The topological polar surface area (TPSA) is 29.3 Å². The highest BCUT2D eigenvalue weighted by molar-refractivity contribution is 5.59. The van der Waals surface area contributed by atoms with Gasteiger partial charge < -0.3 is 10.6 Å². The van der Waals surface area contributed by atoms with Crippen LogP contribution in [-0.4, -0.2) is 12.6 Å². The van der Waals surface area contributed by atoms with Gasteiger partial charge in [-0.25, -0.2) is 8.78 Å². The molecule has 4 heteroatoms. The summed E-state index contributed by atoms with van der Waals surface area (Å²) in [6, 6.07) is 2.52. The summed E-state index contributed by atoms with van der Waals surface area (Å²) in [6.07, 6.45) is 1.04. The molecule has 1 aliphatic rings. The monoisotopic (exact) mass is 198 g/mol. The van der Waals surface area contributed by atoms with Crippen molar-refractivity contribution in [2.24, 2.45) is 0 Å². The third-order valence-electron chi connectivity index (χ3n) is 2.70. The van der Waals surface area contributed by atoms with E-state index in [1.54, 1.807) is 0 Å². The molecule has 1 aromatic rings. The third kappa shape index (κ3) is 1.31. The number of anilines is 2. The van der Waals surface area contributed by atoms with Crippen LogP contribution in [0.2, 0.25) is 0 Å². The minimum Gasteiger partial charge on any atom is -0.396 e. The van der Waals surface area contributed by atoms with Crippen molar-refractivity contribution in [2.75, 3.05) is 17.2 Å². The summed E-state index contributed by atoms with van der Waals surface area (Å²) in [4.78, 5) is 1.88. The van der Waals surface area contributed by atoms with E-state index in [1.807, 2.05) is 11.8 Å². The van der Waals surface area contributed by atoms with Crippen molar-refractivity contribution in [1.29, 1.82) is 0 Å². The molecule has 14 heavy (non-hydrogen) atoms. The number of nitrogen functional groups attached to an aromatic ring is 1. The van der Waals surface area contributed by atoms with Crippen LogP contribution in [0.5, 0.6) is 0 Å². The van der Waals surface area contributed by atoms with Gasteiger partial charge in [-0.3, -0.25) is 0 Å². The number of hydrogen-bond acceptors (Lipinski definition) is 2. The Kier molecular flexibility index (Phi) is 2.06. The van der Waals surface area contributed by atoms with Crippen molar-refractivity contribution in [2.45, 2.75) is 19.4 Å². The predicted molar refractivity (Wildman–Crippen MR) is 52.2 cm³/mol. The fourth-order valence-electron chi connectivity index (χ4n) is 1.65. The average molecular weight is 198 g/mol. The zero-order valence-corrected chi connectivity index (χ0v) is 7.93. The van der Waals surface area contributed by atoms with E-state index in [4.69, 9.17) is 5.73 Å². The molecule has 0 aliphatic carbocycles. The molecule has 1 aromatic carbocycles. The van der Waals surface area contributed by atoms with Crippen LogP contribution >= 0.6 is 0 Å². The van der Waals surface area contributed by atoms with Crippen molar-refractivity contribution >= 4 is 11.4 Å². The molecule has 0 aromatic heterocycles. The fourth-order valence-corrected chi connectivity index (χ4v) is 1.65. The molecule has 1 fully saturated rings.